The Balaban J connectivity index is 2.17. The molecule has 20 heavy (non-hydrogen) atoms. The number of hydrogen-bond donors (Lipinski definition) is 0. The molecule has 0 aliphatic rings. The lowest BCUT2D eigenvalue weighted by molar-refractivity contribution is 0.112. The van der Waals surface area contributed by atoms with Crippen LogP contribution in [0.15, 0.2) is 42.7 Å². The number of benzene rings is 1. The second kappa shape index (κ2) is 4.81. The van der Waals surface area contributed by atoms with Crippen molar-refractivity contribution in [2.75, 3.05) is 7.11 Å². The Morgan fingerprint density at radius 3 is 2.85 bits per heavy atom. The number of methoxy groups -OCH3 is 1. The number of rotatable bonds is 3. The molecule has 0 aliphatic heterocycles. The molecular weight excluding hydrogens is 252 g/mol. The van der Waals surface area contributed by atoms with E-state index in [0.717, 1.165) is 34.5 Å². The molecule has 0 atom stereocenters. The summed E-state index contributed by atoms with van der Waals surface area (Å²) in [7, 11) is 1.64. The standard InChI is InChI=1S/C16H14N2O2/c1-11-6-12(10-19)8-18-9-15(17-16(11)18)13-4-3-5-14(7-13)20-2/h3-10H,1-2H3. The first-order valence-corrected chi connectivity index (χ1v) is 6.30. The van der Waals surface area contributed by atoms with E-state index in [-0.39, 0.29) is 0 Å². The van der Waals surface area contributed by atoms with Gasteiger partial charge in [0.15, 0.2) is 6.29 Å². The number of aryl methyl sites for hydroxylation is 1. The van der Waals surface area contributed by atoms with Crippen molar-refractivity contribution in [2.45, 2.75) is 6.92 Å². The SMILES string of the molecule is COc1cccc(-c2cn3cc(C=O)cc(C)c3n2)c1. The summed E-state index contributed by atoms with van der Waals surface area (Å²) in [6, 6.07) is 9.60. The van der Waals surface area contributed by atoms with E-state index < -0.39 is 0 Å². The fourth-order valence-electron chi connectivity index (χ4n) is 2.28. The summed E-state index contributed by atoms with van der Waals surface area (Å²) in [5.41, 5.74) is 4.32. The Kier molecular flexibility index (Phi) is 2.99. The Morgan fingerprint density at radius 2 is 2.10 bits per heavy atom. The van der Waals surface area contributed by atoms with E-state index in [4.69, 9.17) is 4.74 Å². The fourth-order valence-corrected chi connectivity index (χ4v) is 2.28. The minimum atomic E-state index is 0.643. The highest BCUT2D eigenvalue weighted by Crippen LogP contribution is 2.24. The number of carbonyl (C=O) groups is 1. The molecule has 0 fully saturated rings. The summed E-state index contributed by atoms with van der Waals surface area (Å²) < 4.78 is 7.11. The summed E-state index contributed by atoms with van der Waals surface area (Å²) in [5, 5.41) is 0. The van der Waals surface area contributed by atoms with E-state index in [1.54, 1.807) is 13.3 Å². The van der Waals surface area contributed by atoms with Crippen LogP contribution in [0.25, 0.3) is 16.9 Å². The summed E-state index contributed by atoms with van der Waals surface area (Å²) in [4.78, 5) is 15.5. The highest BCUT2D eigenvalue weighted by molar-refractivity contribution is 5.76. The van der Waals surface area contributed by atoms with Crippen molar-refractivity contribution < 1.29 is 9.53 Å². The molecule has 0 saturated carbocycles. The number of pyridine rings is 1. The molecule has 100 valence electrons. The van der Waals surface area contributed by atoms with E-state index in [0.29, 0.717) is 5.56 Å². The second-order valence-corrected chi connectivity index (χ2v) is 4.66. The van der Waals surface area contributed by atoms with Crippen molar-refractivity contribution in [3.8, 4) is 17.0 Å². The number of carbonyl (C=O) groups excluding carboxylic acids is 1. The smallest absolute Gasteiger partial charge is 0.151 e. The van der Waals surface area contributed by atoms with E-state index >= 15 is 0 Å². The highest BCUT2D eigenvalue weighted by atomic mass is 16.5. The quantitative estimate of drug-likeness (QED) is 0.684. The molecule has 0 radical (unpaired) electrons. The molecule has 0 saturated heterocycles. The minimum absolute atomic E-state index is 0.643. The number of aromatic nitrogens is 2. The molecule has 2 heterocycles. The third-order valence-electron chi connectivity index (χ3n) is 3.26. The lowest BCUT2D eigenvalue weighted by Gasteiger charge is -2.00. The van der Waals surface area contributed by atoms with Gasteiger partial charge in [-0.1, -0.05) is 12.1 Å². The molecule has 3 aromatic rings. The number of aldehydes is 1. The molecule has 3 rings (SSSR count). The summed E-state index contributed by atoms with van der Waals surface area (Å²) in [6.45, 7) is 1.95. The predicted octanol–water partition coefficient (Wildman–Crippen LogP) is 3.13. The van der Waals surface area contributed by atoms with Crippen LogP contribution in [0.5, 0.6) is 5.75 Å². The van der Waals surface area contributed by atoms with Crippen molar-refractivity contribution >= 4 is 11.9 Å². The van der Waals surface area contributed by atoms with Crippen LogP contribution in [0, 0.1) is 6.92 Å². The zero-order valence-electron chi connectivity index (χ0n) is 11.3. The van der Waals surface area contributed by atoms with E-state index in [1.165, 1.54) is 0 Å². The van der Waals surface area contributed by atoms with Gasteiger partial charge < -0.3 is 9.14 Å². The molecule has 0 bridgehead atoms. The maximum absolute atomic E-state index is 10.9. The third-order valence-corrected chi connectivity index (χ3v) is 3.26. The fraction of sp³-hybridized carbons (Fsp3) is 0.125. The molecule has 1 aromatic carbocycles. The number of hydrogen-bond acceptors (Lipinski definition) is 3. The molecule has 0 amide bonds. The van der Waals surface area contributed by atoms with Crippen LogP contribution >= 0.6 is 0 Å². The van der Waals surface area contributed by atoms with Gasteiger partial charge in [0.25, 0.3) is 0 Å². The Bertz CT molecular complexity index is 790. The molecule has 4 heteroatoms. The lowest BCUT2D eigenvalue weighted by atomic mass is 10.1. The molecule has 0 N–H and O–H groups in total. The van der Waals surface area contributed by atoms with Gasteiger partial charge in [-0.05, 0) is 30.7 Å². The molecule has 4 nitrogen and oxygen atoms in total. The van der Waals surface area contributed by atoms with Gasteiger partial charge in [-0.15, -0.1) is 0 Å². The van der Waals surface area contributed by atoms with Crippen molar-refractivity contribution in [1.29, 1.82) is 0 Å². The van der Waals surface area contributed by atoms with E-state index in [2.05, 4.69) is 4.98 Å². The van der Waals surface area contributed by atoms with Crippen LogP contribution in [-0.2, 0) is 0 Å². The molecule has 0 unspecified atom stereocenters. The summed E-state index contributed by atoms with van der Waals surface area (Å²) in [5.74, 6) is 0.796. The van der Waals surface area contributed by atoms with Gasteiger partial charge in [0.05, 0.1) is 12.8 Å². The second-order valence-electron chi connectivity index (χ2n) is 4.66. The van der Waals surface area contributed by atoms with Gasteiger partial charge in [0.1, 0.15) is 11.4 Å². The first-order chi connectivity index (χ1) is 9.71. The average molecular weight is 266 g/mol. The van der Waals surface area contributed by atoms with Gasteiger partial charge in [-0.25, -0.2) is 4.98 Å². The Labute approximate surface area is 116 Å². The maximum Gasteiger partial charge on any atom is 0.151 e. The van der Waals surface area contributed by atoms with Gasteiger partial charge in [0, 0.05) is 23.5 Å². The number of nitrogens with zero attached hydrogens (tertiary/aromatic N) is 2. The first-order valence-electron chi connectivity index (χ1n) is 6.30. The van der Waals surface area contributed by atoms with E-state index in [9.17, 15) is 4.79 Å². The first kappa shape index (κ1) is 12.4. The topological polar surface area (TPSA) is 43.6 Å². The van der Waals surface area contributed by atoms with Crippen molar-refractivity contribution in [1.82, 2.24) is 9.38 Å². The summed E-state index contributed by atoms with van der Waals surface area (Å²) >= 11 is 0. The van der Waals surface area contributed by atoms with Crippen LogP contribution < -0.4 is 4.74 Å². The van der Waals surface area contributed by atoms with Crippen LogP contribution in [0.1, 0.15) is 15.9 Å². The molecule has 0 spiro atoms. The largest absolute Gasteiger partial charge is 0.497 e. The number of ether oxygens (including phenoxy) is 1. The zero-order chi connectivity index (χ0) is 14.1. The highest BCUT2D eigenvalue weighted by Gasteiger charge is 2.08. The Hall–Kier alpha value is -2.62. The van der Waals surface area contributed by atoms with Crippen LogP contribution in [0.2, 0.25) is 0 Å². The number of fused-ring (bicyclic) bond motifs is 1. The van der Waals surface area contributed by atoms with Gasteiger partial charge in [-0.2, -0.15) is 0 Å². The van der Waals surface area contributed by atoms with Gasteiger partial charge >= 0.3 is 0 Å². The van der Waals surface area contributed by atoms with Crippen molar-refractivity contribution in [3.05, 3.63) is 53.9 Å². The number of imidazole rings is 1. The molecular formula is C16H14N2O2. The van der Waals surface area contributed by atoms with Crippen LogP contribution in [0.3, 0.4) is 0 Å². The van der Waals surface area contributed by atoms with Crippen molar-refractivity contribution in [2.24, 2.45) is 0 Å². The molecule has 0 aliphatic carbocycles. The lowest BCUT2D eigenvalue weighted by Crippen LogP contribution is -1.91. The molecule has 2 aromatic heterocycles. The third kappa shape index (κ3) is 2.05. The van der Waals surface area contributed by atoms with E-state index in [1.807, 2.05) is 47.9 Å². The van der Waals surface area contributed by atoms with Crippen molar-refractivity contribution in [3.63, 3.8) is 0 Å². The monoisotopic (exact) mass is 266 g/mol. The zero-order valence-corrected chi connectivity index (χ0v) is 11.3. The maximum atomic E-state index is 10.9. The summed E-state index contributed by atoms with van der Waals surface area (Å²) in [6.07, 6.45) is 4.55. The average Bonchev–Trinajstić information content (AvgIpc) is 2.92. The van der Waals surface area contributed by atoms with Crippen LogP contribution in [0.4, 0.5) is 0 Å². The minimum Gasteiger partial charge on any atom is -0.497 e. The normalized spacial score (nSPS) is 10.7. The van der Waals surface area contributed by atoms with Gasteiger partial charge in [-0.3, -0.25) is 4.79 Å². The van der Waals surface area contributed by atoms with Crippen LogP contribution in [-0.4, -0.2) is 22.8 Å². The predicted molar refractivity (Wildman–Crippen MR) is 77.3 cm³/mol. The Morgan fingerprint density at radius 1 is 1.25 bits per heavy atom. The van der Waals surface area contributed by atoms with Gasteiger partial charge in [0.2, 0.25) is 0 Å².